The van der Waals surface area contributed by atoms with Crippen LogP contribution in [-0.4, -0.2) is 26.5 Å². The van der Waals surface area contributed by atoms with Crippen molar-refractivity contribution in [1.82, 2.24) is 19.9 Å². The van der Waals surface area contributed by atoms with Gasteiger partial charge in [-0.2, -0.15) is 9.97 Å². The Morgan fingerprint density at radius 3 is 2.90 bits per heavy atom. The van der Waals surface area contributed by atoms with E-state index in [0.717, 1.165) is 18.2 Å². The van der Waals surface area contributed by atoms with Crippen molar-refractivity contribution in [1.29, 1.82) is 0 Å². The van der Waals surface area contributed by atoms with E-state index >= 15 is 0 Å². The molecule has 3 aromatic rings. The van der Waals surface area contributed by atoms with Gasteiger partial charge < -0.3 is 15.6 Å². The highest BCUT2D eigenvalue weighted by atomic mass is 19.1. The Morgan fingerprint density at radius 2 is 2.10 bits per heavy atom. The van der Waals surface area contributed by atoms with Crippen LogP contribution in [0.4, 0.5) is 26.2 Å². The van der Waals surface area contributed by atoms with E-state index in [1.54, 1.807) is 0 Å². The van der Waals surface area contributed by atoms with Gasteiger partial charge in [0.25, 0.3) is 0 Å². The fraction of sp³-hybridized carbons (Fsp3) is 0.154. The van der Waals surface area contributed by atoms with E-state index in [-0.39, 0.29) is 5.69 Å². The summed E-state index contributed by atoms with van der Waals surface area (Å²) < 4.78 is 26.9. The molecule has 3 rings (SSSR count). The molecule has 0 amide bonds. The van der Waals surface area contributed by atoms with Crippen molar-refractivity contribution in [3.8, 4) is 0 Å². The number of H-pyrrole nitrogens is 1. The lowest BCUT2D eigenvalue weighted by atomic mass is 10.3. The lowest BCUT2D eigenvalue weighted by Crippen LogP contribution is -2.05. The maximum Gasteiger partial charge on any atom is 0.226 e. The molecule has 0 radical (unpaired) electrons. The van der Waals surface area contributed by atoms with E-state index in [2.05, 4.69) is 30.6 Å². The molecule has 0 fully saturated rings. The molecule has 6 nitrogen and oxygen atoms in total. The minimum Gasteiger partial charge on any atom is -0.354 e. The Balaban J connectivity index is 2.06. The van der Waals surface area contributed by atoms with E-state index in [1.807, 2.05) is 6.92 Å². The second kappa shape index (κ2) is 5.31. The minimum absolute atomic E-state index is 0.00736. The van der Waals surface area contributed by atoms with Crippen LogP contribution in [0, 0.1) is 11.6 Å². The summed E-state index contributed by atoms with van der Waals surface area (Å²) in [6.45, 7) is 2.53. The fourth-order valence-electron chi connectivity index (χ4n) is 1.88. The molecule has 0 spiro atoms. The van der Waals surface area contributed by atoms with Crippen molar-refractivity contribution in [2.75, 3.05) is 17.2 Å². The van der Waals surface area contributed by atoms with Crippen molar-refractivity contribution in [2.24, 2.45) is 0 Å². The third kappa shape index (κ3) is 2.60. The maximum absolute atomic E-state index is 13.7. The number of imidazole rings is 1. The van der Waals surface area contributed by atoms with Gasteiger partial charge in [-0.1, -0.05) is 0 Å². The zero-order chi connectivity index (χ0) is 14.8. The van der Waals surface area contributed by atoms with E-state index in [4.69, 9.17) is 0 Å². The molecule has 0 aliphatic rings. The first-order valence-electron chi connectivity index (χ1n) is 6.34. The number of hydrogen-bond donors (Lipinski definition) is 3. The van der Waals surface area contributed by atoms with Gasteiger partial charge >= 0.3 is 0 Å². The number of fused-ring (bicyclic) bond motifs is 1. The van der Waals surface area contributed by atoms with E-state index in [9.17, 15) is 8.78 Å². The number of nitrogens with one attached hydrogen (secondary N) is 3. The number of aromatic amines is 1. The van der Waals surface area contributed by atoms with Crippen LogP contribution in [0.1, 0.15) is 6.92 Å². The molecule has 2 aromatic heterocycles. The monoisotopic (exact) mass is 290 g/mol. The van der Waals surface area contributed by atoms with Crippen LogP contribution < -0.4 is 10.6 Å². The summed E-state index contributed by atoms with van der Waals surface area (Å²) in [5.74, 6) is -0.442. The molecular weight excluding hydrogens is 278 g/mol. The lowest BCUT2D eigenvalue weighted by molar-refractivity contribution is 0.603. The van der Waals surface area contributed by atoms with Gasteiger partial charge in [-0.15, -0.1) is 0 Å². The Morgan fingerprint density at radius 1 is 1.24 bits per heavy atom. The molecule has 0 saturated carbocycles. The smallest absolute Gasteiger partial charge is 0.226 e. The molecule has 0 aliphatic carbocycles. The van der Waals surface area contributed by atoms with Gasteiger partial charge in [-0.25, -0.2) is 13.8 Å². The molecular formula is C13H12F2N6. The summed E-state index contributed by atoms with van der Waals surface area (Å²) in [6, 6.07) is 3.16. The molecule has 2 heterocycles. The Bertz CT molecular complexity index is 785. The van der Waals surface area contributed by atoms with Gasteiger partial charge in [0.15, 0.2) is 11.5 Å². The topological polar surface area (TPSA) is 78.5 Å². The van der Waals surface area contributed by atoms with Gasteiger partial charge in [0.2, 0.25) is 5.95 Å². The highest BCUT2D eigenvalue weighted by Crippen LogP contribution is 2.25. The van der Waals surface area contributed by atoms with Crippen LogP contribution in [0.25, 0.3) is 11.2 Å². The van der Waals surface area contributed by atoms with Crippen LogP contribution >= 0.6 is 0 Å². The molecule has 0 saturated heterocycles. The van der Waals surface area contributed by atoms with Crippen LogP contribution in [-0.2, 0) is 0 Å². The second-order valence-corrected chi connectivity index (χ2v) is 4.28. The summed E-state index contributed by atoms with van der Waals surface area (Å²) in [4.78, 5) is 15.3. The van der Waals surface area contributed by atoms with Crippen molar-refractivity contribution >= 4 is 28.6 Å². The third-order valence-electron chi connectivity index (χ3n) is 2.80. The first-order chi connectivity index (χ1) is 10.2. The predicted octanol–water partition coefficient (Wildman–Crippen LogP) is 2.81. The largest absolute Gasteiger partial charge is 0.354 e. The summed E-state index contributed by atoms with van der Waals surface area (Å²) in [5, 5.41) is 5.72. The number of nitrogens with zero attached hydrogens (tertiary/aromatic N) is 3. The zero-order valence-electron chi connectivity index (χ0n) is 11.1. The highest BCUT2D eigenvalue weighted by molar-refractivity contribution is 5.86. The number of rotatable bonds is 4. The van der Waals surface area contributed by atoms with Crippen molar-refractivity contribution in [2.45, 2.75) is 6.92 Å². The molecule has 21 heavy (non-hydrogen) atoms. The van der Waals surface area contributed by atoms with Gasteiger partial charge in [0, 0.05) is 12.6 Å². The molecule has 8 heteroatoms. The SMILES string of the molecule is CCNc1nc(Nc2cc(F)ccc2F)c2[nH]cnc2n1. The quantitative estimate of drug-likeness (QED) is 0.688. The summed E-state index contributed by atoms with van der Waals surface area (Å²) in [5.41, 5.74) is 0.938. The van der Waals surface area contributed by atoms with Crippen LogP contribution in [0.5, 0.6) is 0 Å². The molecule has 3 N–H and O–H groups in total. The standard InChI is InChI=1S/C13H12F2N6/c1-2-16-13-20-11-10(17-6-18-11)12(21-13)19-9-5-7(14)3-4-8(9)15/h3-6H,2H2,1H3,(H3,16,17,18,19,20,21). The number of benzene rings is 1. The van der Waals surface area contributed by atoms with Crippen molar-refractivity contribution in [3.05, 3.63) is 36.2 Å². The zero-order valence-corrected chi connectivity index (χ0v) is 11.1. The Kier molecular flexibility index (Phi) is 3.35. The number of halogens is 2. The van der Waals surface area contributed by atoms with Gasteiger partial charge in [-0.05, 0) is 19.1 Å². The fourth-order valence-corrected chi connectivity index (χ4v) is 1.88. The van der Waals surface area contributed by atoms with Crippen molar-refractivity contribution in [3.63, 3.8) is 0 Å². The minimum atomic E-state index is -0.576. The first kappa shape index (κ1) is 13.2. The molecule has 0 bridgehead atoms. The van der Waals surface area contributed by atoms with E-state index < -0.39 is 11.6 Å². The predicted molar refractivity (Wildman–Crippen MR) is 75.5 cm³/mol. The first-order valence-corrected chi connectivity index (χ1v) is 6.34. The summed E-state index contributed by atoms with van der Waals surface area (Å²) in [6.07, 6.45) is 1.46. The van der Waals surface area contributed by atoms with Gasteiger partial charge in [0.05, 0.1) is 12.0 Å². The molecule has 0 unspecified atom stereocenters. The van der Waals surface area contributed by atoms with Crippen LogP contribution in [0.3, 0.4) is 0 Å². The highest BCUT2D eigenvalue weighted by Gasteiger charge is 2.12. The average molecular weight is 290 g/mol. The van der Waals surface area contributed by atoms with E-state index in [1.165, 1.54) is 6.33 Å². The third-order valence-corrected chi connectivity index (χ3v) is 2.80. The van der Waals surface area contributed by atoms with Crippen LogP contribution in [0.2, 0.25) is 0 Å². The lowest BCUT2D eigenvalue weighted by Gasteiger charge is -2.09. The molecule has 1 aromatic carbocycles. The van der Waals surface area contributed by atoms with Gasteiger partial charge in [-0.3, -0.25) is 0 Å². The average Bonchev–Trinajstić information content (AvgIpc) is 2.92. The molecule has 0 atom stereocenters. The summed E-state index contributed by atoms with van der Waals surface area (Å²) in [7, 11) is 0. The van der Waals surface area contributed by atoms with E-state index in [0.29, 0.717) is 29.5 Å². The summed E-state index contributed by atoms with van der Waals surface area (Å²) >= 11 is 0. The molecule has 0 aliphatic heterocycles. The number of aromatic nitrogens is 4. The second-order valence-electron chi connectivity index (χ2n) is 4.28. The van der Waals surface area contributed by atoms with Crippen molar-refractivity contribution < 1.29 is 8.78 Å². The van der Waals surface area contributed by atoms with Crippen LogP contribution in [0.15, 0.2) is 24.5 Å². The Labute approximate surface area is 118 Å². The molecule has 108 valence electrons. The number of hydrogen-bond acceptors (Lipinski definition) is 5. The van der Waals surface area contributed by atoms with Gasteiger partial charge in [0.1, 0.15) is 17.2 Å². The Hall–Kier alpha value is -2.77. The normalized spacial score (nSPS) is 10.8. The number of anilines is 3. The maximum atomic E-state index is 13.7.